The molecule has 0 aromatic heterocycles. The lowest BCUT2D eigenvalue weighted by Crippen LogP contribution is -2.13. The molecule has 1 rings (SSSR count). The van der Waals surface area contributed by atoms with Crippen LogP contribution in [0.2, 0.25) is 0 Å². The molecule has 0 bridgehead atoms. The van der Waals surface area contributed by atoms with E-state index in [1.807, 2.05) is 0 Å². The van der Waals surface area contributed by atoms with Crippen molar-refractivity contribution in [2.24, 2.45) is 0 Å². The number of carboxylic acids is 1. The van der Waals surface area contributed by atoms with Gasteiger partial charge in [-0.25, -0.2) is 4.79 Å². The number of nitro groups is 1. The van der Waals surface area contributed by atoms with Gasteiger partial charge in [0.15, 0.2) is 0 Å². The van der Waals surface area contributed by atoms with Crippen LogP contribution in [0.25, 0.3) is 0 Å². The smallest absolute Gasteiger partial charge is 0.354 e. The second kappa shape index (κ2) is 1.66. The molecule has 0 aliphatic carbocycles. The van der Waals surface area contributed by atoms with Crippen LogP contribution >= 0.6 is 0 Å². The number of epoxide rings is 1. The van der Waals surface area contributed by atoms with Crippen LogP contribution in [-0.2, 0) is 9.53 Å². The van der Waals surface area contributed by atoms with Gasteiger partial charge >= 0.3 is 12.2 Å². The second-order valence-electron chi connectivity index (χ2n) is 1.57. The fourth-order valence-corrected chi connectivity index (χ4v) is 0.445. The van der Waals surface area contributed by atoms with E-state index in [9.17, 15) is 14.9 Å². The van der Waals surface area contributed by atoms with Crippen molar-refractivity contribution in [2.75, 3.05) is 0 Å². The van der Waals surface area contributed by atoms with Crippen LogP contribution in [0, 0.1) is 10.1 Å². The molecular formula is C3H3NO5. The summed E-state index contributed by atoms with van der Waals surface area (Å²) in [5.41, 5.74) is 0. The monoisotopic (exact) mass is 133 g/mol. The van der Waals surface area contributed by atoms with Crippen molar-refractivity contribution in [3.05, 3.63) is 10.1 Å². The third-order valence-electron chi connectivity index (χ3n) is 0.920. The van der Waals surface area contributed by atoms with Gasteiger partial charge < -0.3 is 5.11 Å². The molecule has 2 unspecified atom stereocenters. The second-order valence-corrected chi connectivity index (χ2v) is 1.57. The van der Waals surface area contributed by atoms with Gasteiger partial charge in [0.05, 0.1) is 4.92 Å². The van der Waals surface area contributed by atoms with Gasteiger partial charge in [-0.05, 0) is 0 Å². The third-order valence-corrected chi connectivity index (χ3v) is 0.920. The number of hydrogen-bond acceptors (Lipinski definition) is 4. The van der Waals surface area contributed by atoms with E-state index in [1.54, 1.807) is 0 Å². The highest BCUT2D eigenvalue weighted by atomic mass is 16.7. The molecule has 0 spiro atoms. The topological polar surface area (TPSA) is 93.0 Å². The Morgan fingerprint density at radius 1 is 1.78 bits per heavy atom. The van der Waals surface area contributed by atoms with E-state index in [4.69, 9.17) is 5.11 Å². The number of hydrogen-bond donors (Lipinski definition) is 1. The Morgan fingerprint density at radius 3 is 2.44 bits per heavy atom. The van der Waals surface area contributed by atoms with Gasteiger partial charge in [0.1, 0.15) is 0 Å². The van der Waals surface area contributed by atoms with Gasteiger partial charge in [0.25, 0.3) is 6.10 Å². The number of carboxylic acid groups (broad SMARTS) is 1. The Balaban J connectivity index is 2.42. The summed E-state index contributed by atoms with van der Waals surface area (Å²) in [4.78, 5) is 18.8. The minimum absolute atomic E-state index is 0.765. The quantitative estimate of drug-likeness (QED) is 0.298. The van der Waals surface area contributed by atoms with Crippen molar-refractivity contribution >= 4 is 5.97 Å². The molecule has 1 fully saturated rings. The van der Waals surface area contributed by atoms with Crippen molar-refractivity contribution in [3.8, 4) is 0 Å². The molecule has 6 nitrogen and oxygen atoms in total. The van der Waals surface area contributed by atoms with Gasteiger partial charge in [-0.15, -0.1) is 0 Å². The summed E-state index contributed by atoms with van der Waals surface area (Å²) in [5.74, 6) is -1.28. The van der Waals surface area contributed by atoms with Gasteiger partial charge in [0, 0.05) is 0 Å². The number of nitrogens with zero attached hydrogens (tertiary/aromatic N) is 1. The van der Waals surface area contributed by atoms with Crippen LogP contribution in [0.1, 0.15) is 0 Å². The Labute approximate surface area is 49.2 Å². The SMILES string of the molecule is O=C(O)C1OC1[N+](=O)[O-]. The summed E-state index contributed by atoms with van der Waals surface area (Å²) >= 11 is 0. The molecule has 0 saturated carbocycles. The average Bonchev–Trinajstić information content (AvgIpc) is 2.39. The zero-order valence-electron chi connectivity index (χ0n) is 4.18. The van der Waals surface area contributed by atoms with E-state index >= 15 is 0 Å². The van der Waals surface area contributed by atoms with Crippen molar-refractivity contribution in [2.45, 2.75) is 12.3 Å². The summed E-state index contributed by atoms with van der Waals surface area (Å²) in [6, 6.07) is 0. The molecule has 1 aliphatic heterocycles. The maximum Gasteiger partial charge on any atom is 0.354 e. The molecule has 9 heavy (non-hydrogen) atoms. The van der Waals surface area contributed by atoms with Gasteiger partial charge in [-0.3, -0.25) is 14.9 Å². The molecule has 0 aromatic carbocycles. The van der Waals surface area contributed by atoms with E-state index in [1.165, 1.54) is 0 Å². The molecular weight excluding hydrogens is 130 g/mol. The highest BCUT2D eigenvalue weighted by Crippen LogP contribution is 2.21. The van der Waals surface area contributed by atoms with Crippen LogP contribution in [0.4, 0.5) is 0 Å². The largest absolute Gasteiger partial charge is 0.479 e. The minimum atomic E-state index is -1.32. The van der Waals surface area contributed by atoms with Crippen molar-refractivity contribution in [1.29, 1.82) is 0 Å². The molecule has 50 valence electrons. The Bertz CT molecular complexity index is 148. The molecule has 0 aromatic rings. The van der Waals surface area contributed by atoms with E-state index in [0.717, 1.165) is 0 Å². The molecule has 0 radical (unpaired) electrons. The summed E-state index contributed by atoms with van der Waals surface area (Å²) in [5, 5.41) is 17.7. The normalized spacial score (nSPS) is 31.6. The first kappa shape index (κ1) is 5.96. The van der Waals surface area contributed by atoms with E-state index in [2.05, 4.69) is 4.74 Å². The fraction of sp³-hybridized carbons (Fsp3) is 0.667. The van der Waals surface area contributed by atoms with E-state index in [-0.39, 0.29) is 0 Å². The Hall–Kier alpha value is -1.17. The standard InChI is InChI=1S/C3H3NO5/c5-3(6)1-2(9-1)4(7)8/h1-2H,(H,5,6). The first-order chi connectivity index (χ1) is 4.13. The summed E-state index contributed by atoms with van der Waals surface area (Å²) in [6.07, 6.45) is -2.54. The third kappa shape index (κ3) is 0.968. The maximum atomic E-state index is 9.85. The van der Waals surface area contributed by atoms with Crippen LogP contribution in [0.3, 0.4) is 0 Å². The molecule has 2 atom stereocenters. The molecule has 6 heteroatoms. The lowest BCUT2D eigenvalue weighted by atomic mass is 10.4. The average molecular weight is 133 g/mol. The number of ether oxygens (including phenoxy) is 1. The van der Waals surface area contributed by atoms with Crippen LogP contribution < -0.4 is 0 Å². The summed E-state index contributed by atoms with van der Waals surface area (Å²) in [6.45, 7) is 0. The molecule has 1 heterocycles. The molecule has 1 aliphatic rings. The molecule has 0 amide bonds. The van der Waals surface area contributed by atoms with Crippen molar-refractivity contribution in [3.63, 3.8) is 0 Å². The number of aliphatic carboxylic acids is 1. The highest BCUT2D eigenvalue weighted by Gasteiger charge is 2.56. The van der Waals surface area contributed by atoms with Gasteiger partial charge in [-0.1, -0.05) is 0 Å². The molecule has 1 N–H and O–H groups in total. The summed E-state index contributed by atoms with van der Waals surface area (Å²) in [7, 11) is 0. The minimum Gasteiger partial charge on any atom is -0.479 e. The first-order valence-corrected chi connectivity index (χ1v) is 2.14. The zero-order valence-corrected chi connectivity index (χ0v) is 4.18. The molecule has 1 saturated heterocycles. The predicted molar refractivity (Wildman–Crippen MR) is 23.3 cm³/mol. The van der Waals surface area contributed by atoms with E-state index in [0.29, 0.717) is 0 Å². The Morgan fingerprint density at radius 2 is 2.33 bits per heavy atom. The zero-order chi connectivity index (χ0) is 7.02. The van der Waals surface area contributed by atoms with Crippen LogP contribution in [-0.4, -0.2) is 28.3 Å². The lowest BCUT2D eigenvalue weighted by Gasteiger charge is -1.78. The van der Waals surface area contributed by atoms with Crippen molar-refractivity contribution in [1.82, 2.24) is 0 Å². The Kier molecular flexibility index (Phi) is 1.10. The first-order valence-electron chi connectivity index (χ1n) is 2.14. The van der Waals surface area contributed by atoms with Crippen molar-refractivity contribution < 1.29 is 19.6 Å². The number of rotatable bonds is 2. The maximum absolute atomic E-state index is 9.85. The fourth-order valence-electron chi connectivity index (χ4n) is 0.445. The lowest BCUT2D eigenvalue weighted by molar-refractivity contribution is -0.516. The van der Waals surface area contributed by atoms with Gasteiger partial charge in [0.2, 0.25) is 0 Å². The van der Waals surface area contributed by atoms with Crippen LogP contribution in [0.5, 0.6) is 0 Å². The van der Waals surface area contributed by atoms with Gasteiger partial charge in [-0.2, -0.15) is 0 Å². The highest BCUT2D eigenvalue weighted by molar-refractivity contribution is 5.75. The van der Waals surface area contributed by atoms with Crippen LogP contribution in [0.15, 0.2) is 0 Å². The summed E-state index contributed by atoms with van der Waals surface area (Å²) < 4.78 is 4.14. The van der Waals surface area contributed by atoms with E-state index < -0.39 is 23.2 Å². The predicted octanol–water partition coefficient (Wildman–Crippen LogP) is -0.927. The number of carbonyl (C=O) groups is 1.